The van der Waals surface area contributed by atoms with Crippen molar-refractivity contribution < 1.29 is 18.8 Å². The van der Waals surface area contributed by atoms with Crippen molar-refractivity contribution in [1.29, 1.82) is 0 Å². The van der Waals surface area contributed by atoms with Crippen LogP contribution in [0.5, 0.6) is 5.88 Å². The highest BCUT2D eigenvalue weighted by Gasteiger charge is 2.17. The van der Waals surface area contributed by atoms with Gasteiger partial charge in [-0.25, -0.2) is 4.98 Å². The molecule has 8 nitrogen and oxygen atoms in total. The number of carbonyl (C=O) groups is 1. The Kier molecular flexibility index (Phi) is 6.41. The van der Waals surface area contributed by atoms with Crippen LogP contribution in [0, 0.1) is 0 Å². The van der Waals surface area contributed by atoms with E-state index in [1.165, 1.54) is 0 Å². The largest absolute Gasteiger partial charge is 0.474 e. The van der Waals surface area contributed by atoms with E-state index in [2.05, 4.69) is 20.1 Å². The smallest absolute Gasteiger partial charge is 0.306 e. The number of nitrogens with one attached hydrogen (secondary N) is 1. The van der Waals surface area contributed by atoms with E-state index in [-0.39, 0.29) is 12.1 Å². The van der Waals surface area contributed by atoms with Crippen molar-refractivity contribution in [3.05, 3.63) is 47.2 Å². The molecule has 0 fully saturated rings. The predicted octanol–water partition coefficient (Wildman–Crippen LogP) is 5.22. The Bertz CT molecular complexity index is 1250. The number of aromatic amines is 1. The molecule has 0 saturated heterocycles. The van der Waals surface area contributed by atoms with Gasteiger partial charge in [-0.05, 0) is 44.9 Å². The van der Waals surface area contributed by atoms with Crippen molar-refractivity contribution >= 4 is 28.5 Å². The molecule has 0 amide bonds. The Balaban J connectivity index is 1.60. The number of benzene rings is 1. The van der Waals surface area contributed by atoms with Crippen LogP contribution >= 0.6 is 11.6 Å². The first-order valence-corrected chi connectivity index (χ1v) is 10.7. The van der Waals surface area contributed by atoms with E-state index in [1.807, 2.05) is 38.2 Å². The molecule has 0 aliphatic carbocycles. The zero-order valence-corrected chi connectivity index (χ0v) is 18.8. The molecule has 1 aromatic carbocycles. The molecule has 3 aromatic heterocycles. The number of esters is 1. The molecule has 0 radical (unpaired) electrons. The van der Waals surface area contributed by atoms with Crippen LogP contribution in [0.3, 0.4) is 0 Å². The Morgan fingerprint density at radius 3 is 2.91 bits per heavy atom. The van der Waals surface area contributed by atoms with Gasteiger partial charge in [0.05, 0.1) is 23.8 Å². The summed E-state index contributed by atoms with van der Waals surface area (Å²) in [5.74, 6) is 0.883. The fraction of sp³-hybridized carbons (Fsp3) is 0.304. The quantitative estimate of drug-likeness (QED) is 0.364. The maximum atomic E-state index is 11.7. The topological polar surface area (TPSA) is 103 Å². The first-order valence-electron chi connectivity index (χ1n) is 10.4. The highest BCUT2D eigenvalue weighted by molar-refractivity contribution is 6.32. The van der Waals surface area contributed by atoms with Crippen molar-refractivity contribution in [1.82, 2.24) is 20.1 Å². The second kappa shape index (κ2) is 9.40. The molecule has 0 saturated carbocycles. The van der Waals surface area contributed by atoms with Crippen LogP contribution in [0.2, 0.25) is 5.02 Å². The first kappa shape index (κ1) is 21.8. The van der Waals surface area contributed by atoms with Gasteiger partial charge in [-0.1, -0.05) is 28.9 Å². The van der Waals surface area contributed by atoms with Gasteiger partial charge in [0.1, 0.15) is 5.02 Å². The van der Waals surface area contributed by atoms with Crippen LogP contribution in [0.25, 0.3) is 33.7 Å². The summed E-state index contributed by atoms with van der Waals surface area (Å²) in [6.07, 6.45) is 4.34. The number of para-hydroxylation sites is 1. The lowest BCUT2D eigenvalue weighted by atomic mass is 10.1. The lowest BCUT2D eigenvalue weighted by Gasteiger charge is -2.09. The summed E-state index contributed by atoms with van der Waals surface area (Å²) < 4.78 is 16.1. The van der Waals surface area contributed by atoms with E-state index in [4.69, 9.17) is 25.6 Å². The van der Waals surface area contributed by atoms with Crippen LogP contribution in [0.15, 0.2) is 41.2 Å². The number of hydrogen-bond acceptors (Lipinski definition) is 7. The van der Waals surface area contributed by atoms with E-state index in [0.29, 0.717) is 47.6 Å². The number of pyridine rings is 1. The van der Waals surface area contributed by atoms with Crippen molar-refractivity contribution in [3.8, 4) is 28.7 Å². The highest BCUT2D eigenvalue weighted by Crippen LogP contribution is 2.32. The predicted molar refractivity (Wildman–Crippen MR) is 121 cm³/mol. The van der Waals surface area contributed by atoms with E-state index in [1.54, 1.807) is 19.2 Å². The lowest BCUT2D eigenvalue weighted by molar-refractivity contribution is -0.143. The van der Waals surface area contributed by atoms with Gasteiger partial charge in [0.2, 0.25) is 11.7 Å². The van der Waals surface area contributed by atoms with Crippen LogP contribution in [-0.4, -0.2) is 38.8 Å². The van der Waals surface area contributed by atoms with Crippen molar-refractivity contribution in [2.75, 3.05) is 6.61 Å². The summed E-state index contributed by atoms with van der Waals surface area (Å²) in [7, 11) is 0. The third-order valence-electron chi connectivity index (χ3n) is 4.77. The summed E-state index contributed by atoms with van der Waals surface area (Å²) in [5, 5.41) is 5.51. The number of aryl methyl sites for hydroxylation is 1. The van der Waals surface area contributed by atoms with Crippen molar-refractivity contribution in [2.45, 2.75) is 39.7 Å². The summed E-state index contributed by atoms with van der Waals surface area (Å²) in [6, 6.07) is 7.51. The van der Waals surface area contributed by atoms with Gasteiger partial charge < -0.3 is 19.0 Å². The second-order valence-corrected chi connectivity index (χ2v) is 7.85. The minimum Gasteiger partial charge on any atom is -0.474 e. The number of aromatic nitrogens is 4. The Morgan fingerprint density at radius 2 is 2.16 bits per heavy atom. The van der Waals surface area contributed by atoms with Crippen LogP contribution < -0.4 is 4.74 Å². The van der Waals surface area contributed by atoms with E-state index < -0.39 is 0 Å². The minimum absolute atomic E-state index is 0.0377. The maximum absolute atomic E-state index is 11.7. The first-order chi connectivity index (χ1) is 15.5. The van der Waals surface area contributed by atoms with Gasteiger partial charge in [0, 0.05) is 29.8 Å². The van der Waals surface area contributed by atoms with Crippen molar-refractivity contribution in [2.24, 2.45) is 0 Å². The van der Waals surface area contributed by atoms with Gasteiger partial charge in [-0.2, -0.15) is 4.98 Å². The van der Waals surface area contributed by atoms with Crippen molar-refractivity contribution in [3.63, 3.8) is 0 Å². The van der Waals surface area contributed by atoms with E-state index >= 15 is 0 Å². The Hall–Kier alpha value is -3.39. The van der Waals surface area contributed by atoms with Gasteiger partial charge >= 0.3 is 5.97 Å². The number of carbonyl (C=O) groups excluding carboxylic acids is 1. The van der Waals surface area contributed by atoms with E-state index in [9.17, 15) is 4.79 Å². The average Bonchev–Trinajstić information content (AvgIpc) is 3.41. The SMILES string of the molecule is CCOC(=O)CCc1c[nH]c2c(-c3noc(-c4cnc(OC(C)C)c(Cl)c4)n3)cccc12. The van der Waals surface area contributed by atoms with E-state index in [0.717, 1.165) is 22.0 Å². The molecule has 32 heavy (non-hydrogen) atoms. The average molecular weight is 455 g/mol. The standard InChI is InChI=1S/C23H23ClN4O4/c1-4-30-19(29)9-8-14-11-25-20-16(14)6-5-7-17(20)21-27-22(32-28-21)15-10-18(24)23(26-12-15)31-13(2)3/h5-7,10-13,25H,4,8-9H2,1-3H3. The molecule has 0 spiro atoms. The minimum atomic E-state index is -0.210. The number of nitrogens with zero attached hydrogens (tertiary/aromatic N) is 3. The molecule has 0 bridgehead atoms. The van der Waals surface area contributed by atoms with Gasteiger partial charge in [0.15, 0.2) is 0 Å². The number of fused-ring (bicyclic) bond motifs is 1. The summed E-state index contributed by atoms with van der Waals surface area (Å²) in [5.41, 5.74) is 3.28. The third-order valence-corrected chi connectivity index (χ3v) is 5.04. The molecule has 166 valence electrons. The van der Waals surface area contributed by atoms with Crippen LogP contribution in [-0.2, 0) is 16.0 Å². The highest BCUT2D eigenvalue weighted by atomic mass is 35.5. The maximum Gasteiger partial charge on any atom is 0.306 e. The molecular formula is C23H23ClN4O4. The molecule has 3 heterocycles. The monoisotopic (exact) mass is 454 g/mol. The molecule has 0 atom stereocenters. The van der Waals surface area contributed by atoms with Gasteiger partial charge in [-0.3, -0.25) is 4.79 Å². The van der Waals surface area contributed by atoms with Crippen LogP contribution in [0.4, 0.5) is 0 Å². The number of halogens is 1. The number of H-pyrrole nitrogens is 1. The number of rotatable bonds is 8. The zero-order valence-electron chi connectivity index (χ0n) is 18.0. The molecule has 0 aliphatic heterocycles. The lowest BCUT2D eigenvalue weighted by Crippen LogP contribution is -2.07. The Labute approximate surface area is 189 Å². The van der Waals surface area contributed by atoms with Gasteiger partial charge in [0.25, 0.3) is 5.89 Å². The molecule has 4 rings (SSSR count). The van der Waals surface area contributed by atoms with Crippen LogP contribution in [0.1, 0.15) is 32.8 Å². The normalized spacial score (nSPS) is 11.3. The number of hydrogen-bond donors (Lipinski definition) is 1. The molecule has 4 aromatic rings. The molecule has 1 N–H and O–H groups in total. The molecule has 0 aliphatic rings. The number of ether oxygens (including phenoxy) is 2. The molecule has 9 heteroatoms. The zero-order chi connectivity index (χ0) is 22.7. The summed E-state index contributed by atoms with van der Waals surface area (Å²) in [6.45, 7) is 5.98. The fourth-order valence-electron chi connectivity index (χ4n) is 3.38. The Morgan fingerprint density at radius 1 is 1.31 bits per heavy atom. The molecular weight excluding hydrogens is 432 g/mol. The third kappa shape index (κ3) is 4.60. The molecule has 0 unspecified atom stereocenters. The summed E-state index contributed by atoms with van der Waals surface area (Å²) in [4.78, 5) is 23.8. The fourth-order valence-corrected chi connectivity index (χ4v) is 3.59. The second-order valence-electron chi connectivity index (χ2n) is 7.45. The van der Waals surface area contributed by atoms with Gasteiger partial charge in [-0.15, -0.1) is 0 Å². The summed E-state index contributed by atoms with van der Waals surface area (Å²) >= 11 is 6.28.